The topological polar surface area (TPSA) is 105 Å². The van der Waals surface area contributed by atoms with E-state index in [0.717, 1.165) is 39.0 Å². The molecule has 22 heavy (non-hydrogen) atoms. The molecule has 0 saturated carbocycles. The van der Waals surface area contributed by atoms with Gasteiger partial charge in [0, 0.05) is 39.3 Å². The lowest BCUT2D eigenvalue weighted by Gasteiger charge is -2.33. The molecule has 9 heteroatoms. The minimum absolute atomic E-state index is 0.0455. The first-order valence-electron chi connectivity index (χ1n) is 7.56. The van der Waals surface area contributed by atoms with E-state index in [0.29, 0.717) is 24.9 Å². The lowest BCUT2D eigenvalue weighted by molar-refractivity contribution is -0.383. The smallest absolute Gasteiger partial charge is 0.353 e. The van der Waals surface area contributed by atoms with Crippen molar-refractivity contribution >= 4 is 23.3 Å². The lowest BCUT2D eigenvalue weighted by atomic mass is 10.3. The third kappa shape index (κ3) is 2.76. The van der Waals surface area contributed by atoms with E-state index in [-0.39, 0.29) is 11.5 Å². The molecule has 2 aliphatic rings. The highest BCUT2D eigenvalue weighted by Crippen LogP contribution is 2.33. The summed E-state index contributed by atoms with van der Waals surface area (Å²) in [6, 6.07) is 0. The van der Waals surface area contributed by atoms with E-state index in [2.05, 4.69) is 14.9 Å². The Hall–Kier alpha value is -2.16. The van der Waals surface area contributed by atoms with E-state index >= 15 is 0 Å². The lowest BCUT2D eigenvalue weighted by Crippen LogP contribution is -2.45. The predicted molar refractivity (Wildman–Crippen MR) is 84.3 cm³/mol. The molecule has 2 N–H and O–H groups in total. The number of nitrogens with zero attached hydrogens (tertiary/aromatic N) is 6. The van der Waals surface area contributed by atoms with E-state index < -0.39 is 4.92 Å². The van der Waals surface area contributed by atoms with Crippen LogP contribution < -0.4 is 15.5 Å². The largest absolute Gasteiger partial charge is 0.378 e. The number of nitrogens with two attached hydrogens (primary N) is 1. The summed E-state index contributed by atoms with van der Waals surface area (Å²) in [5.41, 5.74) is 5.69. The molecule has 9 nitrogen and oxygen atoms in total. The Balaban J connectivity index is 1.98. The molecule has 0 aromatic carbocycles. The Morgan fingerprint density at radius 2 is 1.68 bits per heavy atom. The average Bonchev–Trinajstić information content (AvgIpc) is 3.01. The van der Waals surface area contributed by atoms with E-state index in [1.807, 2.05) is 16.8 Å². The number of rotatable bonds is 3. The Morgan fingerprint density at radius 3 is 2.27 bits per heavy atom. The molecular weight excluding hydrogens is 286 g/mol. The molecule has 1 aromatic rings. The number of nitro groups is 1. The van der Waals surface area contributed by atoms with Gasteiger partial charge in [-0.2, -0.15) is 9.97 Å². The fraction of sp³-hybridized carbons (Fsp3) is 0.692. The molecule has 2 fully saturated rings. The molecule has 3 rings (SSSR count). The third-order valence-corrected chi connectivity index (χ3v) is 4.26. The fourth-order valence-electron chi connectivity index (χ4n) is 2.92. The second-order valence-corrected chi connectivity index (χ2v) is 5.82. The molecule has 3 heterocycles. The van der Waals surface area contributed by atoms with Crippen molar-refractivity contribution in [1.82, 2.24) is 14.9 Å². The molecule has 0 spiro atoms. The van der Waals surface area contributed by atoms with Crippen LogP contribution in [0.1, 0.15) is 12.8 Å². The van der Waals surface area contributed by atoms with Gasteiger partial charge in [0.2, 0.25) is 17.6 Å². The molecule has 2 saturated heterocycles. The zero-order valence-electron chi connectivity index (χ0n) is 12.7. The van der Waals surface area contributed by atoms with Crippen molar-refractivity contribution in [3.8, 4) is 0 Å². The van der Waals surface area contributed by atoms with Crippen LogP contribution in [0.3, 0.4) is 0 Å². The van der Waals surface area contributed by atoms with Gasteiger partial charge in [-0.3, -0.25) is 10.1 Å². The molecule has 0 unspecified atom stereocenters. The van der Waals surface area contributed by atoms with Gasteiger partial charge in [-0.1, -0.05) is 0 Å². The molecule has 120 valence electrons. The number of aromatic nitrogens is 2. The van der Waals surface area contributed by atoms with Crippen molar-refractivity contribution in [2.24, 2.45) is 0 Å². The van der Waals surface area contributed by atoms with Gasteiger partial charge in [0.25, 0.3) is 0 Å². The van der Waals surface area contributed by atoms with E-state index in [1.54, 1.807) is 0 Å². The zero-order chi connectivity index (χ0) is 15.7. The summed E-state index contributed by atoms with van der Waals surface area (Å²) in [5.74, 6) is 0.817. The number of hydrogen-bond donors (Lipinski definition) is 1. The van der Waals surface area contributed by atoms with Crippen molar-refractivity contribution < 1.29 is 4.92 Å². The summed E-state index contributed by atoms with van der Waals surface area (Å²) in [7, 11) is 2.04. The quantitative estimate of drug-likeness (QED) is 0.629. The van der Waals surface area contributed by atoms with Crippen LogP contribution in [-0.2, 0) is 0 Å². The summed E-state index contributed by atoms with van der Waals surface area (Å²) in [6.07, 6.45) is 2.17. The predicted octanol–water partition coefficient (Wildman–Crippen LogP) is 0.319. The van der Waals surface area contributed by atoms with Gasteiger partial charge in [0.15, 0.2) is 0 Å². The monoisotopic (exact) mass is 307 g/mol. The first kappa shape index (κ1) is 14.8. The van der Waals surface area contributed by atoms with Crippen LogP contribution in [-0.4, -0.2) is 66.1 Å². The fourth-order valence-corrected chi connectivity index (χ4v) is 2.92. The third-order valence-electron chi connectivity index (χ3n) is 4.26. The SMILES string of the molecule is CN1CCN(c2nc(N3CCCC3)nc(N)c2[N+](=O)[O-])CC1. The van der Waals surface area contributed by atoms with Crippen LogP contribution in [0, 0.1) is 10.1 Å². The average molecular weight is 307 g/mol. The summed E-state index contributed by atoms with van der Waals surface area (Å²) >= 11 is 0. The molecule has 0 atom stereocenters. The molecule has 0 aliphatic carbocycles. The van der Waals surface area contributed by atoms with E-state index in [1.165, 1.54) is 0 Å². The van der Waals surface area contributed by atoms with Gasteiger partial charge < -0.3 is 20.4 Å². The van der Waals surface area contributed by atoms with Crippen LogP contribution in [0.15, 0.2) is 0 Å². The Morgan fingerprint density at radius 1 is 1.05 bits per heavy atom. The van der Waals surface area contributed by atoms with Crippen molar-refractivity contribution in [1.29, 1.82) is 0 Å². The maximum absolute atomic E-state index is 11.4. The maximum Gasteiger partial charge on any atom is 0.353 e. The molecule has 0 amide bonds. The van der Waals surface area contributed by atoms with Crippen molar-refractivity contribution in [2.45, 2.75) is 12.8 Å². The first-order valence-corrected chi connectivity index (χ1v) is 7.56. The Labute approximate surface area is 128 Å². The highest BCUT2D eigenvalue weighted by molar-refractivity contribution is 5.71. The Kier molecular flexibility index (Phi) is 3.97. The number of nitrogen functional groups attached to an aromatic ring is 1. The van der Waals surface area contributed by atoms with Gasteiger partial charge >= 0.3 is 5.69 Å². The van der Waals surface area contributed by atoms with Gasteiger partial charge in [0.1, 0.15) is 0 Å². The van der Waals surface area contributed by atoms with Crippen molar-refractivity contribution in [3.63, 3.8) is 0 Å². The van der Waals surface area contributed by atoms with Crippen molar-refractivity contribution in [2.75, 3.05) is 61.8 Å². The molecule has 0 bridgehead atoms. The van der Waals surface area contributed by atoms with Gasteiger partial charge in [-0.15, -0.1) is 0 Å². The molecule has 1 aromatic heterocycles. The van der Waals surface area contributed by atoms with Gasteiger partial charge in [-0.25, -0.2) is 0 Å². The van der Waals surface area contributed by atoms with Gasteiger partial charge in [0.05, 0.1) is 4.92 Å². The minimum Gasteiger partial charge on any atom is -0.378 e. The number of likely N-dealkylation sites (N-methyl/N-ethyl adjacent to an activating group) is 1. The second-order valence-electron chi connectivity index (χ2n) is 5.82. The van der Waals surface area contributed by atoms with E-state index in [4.69, 9.17) is 5.73 Å². The summed E-state index contributed by atoms with van der Waals surface area (Å²) in [4.78, 5) is 25.7. The standard InChI is InChI=1S/C13H21N7O2/c1-17-6-8-18(9-7-17)12-10(20(21)22)11(14)15-13(16-12)19-4-2-3-5-19/h2-9H2,1H3,(H2,14,15,16). The number of hydrogen-bond acceptors (Lipinski definition) is 8. The van der Waals surface area contributed by atoms with Crippen molar-refractivity contribution in [3.05, 3.63) is 10.1 Å². The number of anilines is 3. The second kappa shape index (κ2) is 5.91. The van der Waals surface area contributed by atoms with Gasteiger partial charge in [-0.05, 0) is 19.9 Å². The normalized spacial score (nSPS) is 19.7. The van der Waals surface area contributed by atoms with Crippen LogP contribution in [0.4, 0.5) is 23.3 Å². The van der Waals surface area contributed by atoms with Crippen LogP contribution in [0.2, 0.25) is 0 Å². The summed E-state index contributed by atoms with van der Waals surface area (Å²) in [5, 5.41) is 11.4. The van der Waals surface area contributed by atoms with Crippen LogP contribution in [0.5, 0.6) is 0 Å². The number of piperazine rings is 1. The molecule has 2 aliphatic heterocycles. The molecular formula is C13H21N7O2. The highest BCUT2D eigenvalue weighted by Gasteiger charge is 2.30. The van der Waals surface area contributed by atoms with E-state index in [9.17, 15) is 10.1 Å². The zero-order valence-corrected chi connectivity index (χ0v) is 12.7. The first-order chi connectivity index (χ1) is 10.6. The molecule has 0 radical (unpaired) electrons. The summed E-state index contributed by atoms with van der Waals surface area (Å²) in [6.45, 7) is 4.85. The minimum atomic E-state index is -0.475. The van der Waals surface area contributed by atoms with Crippen LogP contribution >= 0.6 is 0 Å². The Bertz CT molecular complexity index is 566. The maximum atomic E-state index is 11.4. The van der Waals surface area contributed by atoms with Crippen LogP contribution in [0.25, 0.3) is 0 Å². The highest BCUT2D eigenvalue weighted by atomic mass is 16.6. The summed E-state index contributed by atoms with van der Waals surface area (Å²) < 4.78 is 0.